The van der Waals surface area contributed by atoms with Gasteiger partial charge in [-0.15, -0.1) is 0 Å². The zero-order valence-corrected chi connectivity index (χ0v) is 18.1. The molecule has 0 aliphatic carbocycles. The number of benzene rings is 1. The maximum Gasteiger partial charge on any atom is 0.246 e. The molecule has 1 atom stereocenters. The van der Waals surface area contributed by atoms with Crippen molar-refractivity contribution < 1.29 is 13.6 Å². The Balaban J connectivity index is 1.54. The number of imidazole rings is 1. The summed E-state index contributed by atoms with van der Waals surface area (Å²) in [6.45, 7) is 10.1. The average molecular weight is 428 g/mol. The summed E-state index contributed by atoms with van der Waals surface area (Å²) in [5.74, 6) is -0.402. The Labute approximate surface area is 179 Å². The van der Waals surface area contributed by atoms with Crippen molar-refractivity contribution in [2.45, 2.75) is 33.7 Å². The van der Waals surface area contributed by atoms with Gasteiger partial charge in [0, 0.05) is 50.1 Å². The van der Waals surface area contributed by atoms with Gasteiger partial charge in [0.25, 0.3) is 0 Å². The minimum Gasteiger partial charge on any atom is -0.353 e. The summed E-state index contributed by atoms with van der Waals surface area (Å²) in [4.78, 5) is 30.4. The van der Waals surface area contributed by atoms with Crippen molar-refractivity contribution >= 4 is 22.8 Å². The Morgan fingerprint density at radius 1 is 1.00 bits per heavy atom. The third-order valence-corrected chi connectivity index (χ3v) is 5.67. The van der Waals surface area contributed by atoms with Gasteiger partial charge in [-0.05, 0) is 19.8 Å². The van der Waals surface area contributed by atoms with Crippen LogP contribution in [0.2, 0.25) is 0 Å². The number of rotatable bonds is 4. The van der Waals surface area contributed by atoms with E-state index < -0.39 is 17.7 Å². The average Bonchev–Trinajstić information content (AvgIpc) is 3.10. The fourth-order valence-corrected chi connectivity index (χ4v) is 4.17. The topological polar surface area (TPSA) is 67.2 Å². The van der Waals surface area contributed by atoms with E-state index in [1.165, 1.54) is 6.33 Å². The molecular weight excluding hydrogens is 402 g/mol. The number of nitrogens with zero attached hydrogens (tertiary/aromatic N) is 6. The van der Waals surface area contributed by atoms with E-state index in [4.69, 9.17) is 0 Å². The highest BCUT2D eigenvalue weighted by Crippen LogP contribution is 2.28. The van der Waals surface area contributed by atoms with Crippen LogP contribution in [-0.4, -0.2) is 56.5 Å². The van der Waals surface area contributed by atoms with Crippen LogP contribution in [0.5, 0.6) is 0 Å². The molecule has 7 nitrogen and oxygen atoms in total. The third-order valence-electron chi connectivity index (χ3n) is 5.67. The molecule has 0 saturated carbocycles. The van der Waals surface area contributed by atoms with Gasteiger partial charge in [-0.2, -0.15) is 0 Å². The molecule has 4 rings (SSSR count). The second-order valence-corrected chi connectivity index (χ2v) is 8.32. The van der Waals surface area contributed by atoms with E-state index in [0.29, 0.717) is 37.2 Å². The number of hydrogen-bond acceptors (Lipinski definition) is 5. The summed E-state index contributed by atoms with van der Waals surface area (Å²) in [6.07, 6.45) is 1.49. The number of carbonyl (C=O) groups excluding carboxylic acids is 1. The molecule has 2 aromatic heterocycles. The van der Waals surface area contributed by atoms with Gasteiger partial charge in [0.1, 0.15) is 17.7 Å². The first-order valence-corrected chi connectivity index (χ1v) is 10.4. The largest absolute Gasteiger partial charge is 0.353 e. The quantitative estimate of drug-likeness (QED) is 0.638. The van der Waals surface area contributed by atoms with E-state index in [2.05, 4.69) is 19.9 Å². The number of aryl methyl sites for hydroxylation is 2. The highest BCUT2D eigenvalue weighted by Gasteiger charge is 2.32. The molecule has 0 N–H and O–H groups in total. The first-order valence-electron chi connectivity index (χ1n) is 10.4. The number of fused-ring (bicyclic) bond motifs is 1. The first-order chi connectivity index (χ1) is 14.7. The van der Waals surface area contributed by atoms with Crippen LogP contribution in [0.1, 0.15) is 31.4 Å². The van der Waals surface area contributed by atoms with Crippen molar-refractivity contribution in [2.75, 3.05) is 31.1 Å². The van der Waals surface area contributed by atoms with Crippen LogP contribution in [0.4, 0.5) is 14.6 Å². The zero-order chi connectivity index (χ0) is 22.3. The van der Waals surface area contributed by atoms with Gasteiger partial charge >= 0.3 is 0 Å². The first kappa shape index (κ1) is 21.1. The Morgan fingerprint density at radius 2 is 1.68 bits per heavy atom. The van der Waals surface area contributed by atoms with Crippen LogP contribution in [0.15, 0.2) is 24.5 Å². The molecular formula is C22H26F2N6O. The number of aromatic nitrogens is 4. The highest BCUT2D eigenvalue weighted by atomic mass is 19.2. The fourth-order valence-electron chi connectivity index (χ4n) is 4.17. The summed E-state index contributed by atoms with van der Waals surface area (Å²) < 4.78 is 29.1. The van der Waals surface area contributed by atoms with Gasteiger partial charge in [-0.25, -0.2) is 23.7 Å². The van der Waals surface area contributed by atoms with Crippen molar-refractivity contribution in [3.8, 4) is 0 Å². The normalized spacial score (nSPS) is 15.7. The van der Waals surface area contributed by atoms with Crippen LogP contribution < -0.4 is 4.90 Å². The summed E-state index contributed by atoms with van der Waals surface area (Å²) >= 11 is 0. The van der Waals surface area contributed by atoms with Gasteiger partial charge < -0.3 is 14.4 Å². The predicted octanol–water partition coefficient (Wildman–Crippen LogP) is 3.27. The highest BCUT2D eigenvalue weighted by molar-refractivity contribution is 5.84. The van der Waals surface area contributed by atoms with Crippen molar-refractivity contribution in [2.24, 2.45) is 5.92 Å². The number of halogens is 2. The number of carbonyl (C=O) groups is 1. The molecule has 1 aliphatic rings. The minimum atomic E-state index is -0.951. The lowest BCUT2D eigenvalue weighted by molar-refractivity contribution is -0.136. The van der Waals surface area contributed by atoms with Crippen molar-refractivity contribution in [1.29, 1.82) is 0 Å². The fraction of sp³-hybridized carbons (Fsp3) is 0.455. The van der Waals surface area contributed by atoms with Gasteiger partial charge in [-0.1, -0.05) is 13.8 Å². The summed E-state index contributed by atoms with van der Waals surface area (Å²) in [7, 11) is 0. The van der Waals surface area contributed by atoms with Crippen LogP contribution in [0.25, 0.3) is 11.0 Å². The Morgan fingerprint density at radius 3 is 2.32 bits per heavy atom. The van der Waals surface area contributed by atoms with E-state index >= 15 is 0 Å². The standard InChI is InChI=1S/C22H26F2N6O/c1-13(2)21(30-12-25-18-10-16(23)17(24)11-19(18)30)22(31)29-7-5-28(6-8-29)20-9-14(3)26-15(4)27-20/h9-13,21H,5-8H2,1-4H3. The van der Waals surface area contributed by atoms with E-state index in [0.717, 1.165) is 29.5 Å². The van der Waals surface area contributed by atoms with Crippen molar-refractivity contribution in [3.63, 3.8) is 0 Å². The van der Waals surface area contributed by atoms with Gasteiger partial charge in [0.05, 0.1) is 17.4 Å². The molecule has 0 radical (unpaired) electrons. The maximum atomic E-state index is 13.9. The summed E-state index contributed by atoms with van der Waals surface area (Å²) in [5, 5.41) is 0. The van der Waals surface area contributed by atoms with Crippen LogP contribution >= 0.6 is 0 Å². The summed E-state index contributed by atoms with van der Waals surface area (Å²) in [6, 6.07) is 3.57. The zero-order valence-electron chi connectivity index (χ0n) is 18.1. The lowest BCUT2D eigenvalue weighted by Crippen LogP contribution is -2.51. The van der Waals surface area contributed by atoms with Gasteiger partial charge in [0.15, 0.2) is 11.6 Å². The SMILES string of the molecule is Cc1cc(N2CCN(C(=O)C(C(C)C)n3cnc4cc(F)c(F)cc43)CC2)nc(C)n1. The molecule has 9 heteroatoms. The van der Waals surface area contributed by atoms with Gasteiger partial charge in [-0.3, -0.25) is 4.79 Å². The van der Waals surface area contributed by atoms with E-state index in [1.54, 1.807) is 4.57 Å². The lowest BCUT2D eigenvalue weighted by Gasteiger charge is -2.38. The molecule has 1 amide bonds. The number of piperazine rings is 1. The Bertz CT molecular complexity index is 1100. The lowest BCUT2D eigenvalue weighted by atomic mass is 10.0. The molecule has 1 aliphatic heterocycles. The maximum absolute atomic E-state index is 13.9. The predicted molar refractivity (Wildman–Crippen MR) is 114 cm³/mol. The number of hydrogen-bond donors (Lipinski definition) is 0. The van der Waals surface area contributed by atoms with Gasteiger partial charge in [0.2, 0.25) is 5.91 Å². The molecule has 164 valence electrons. The molecule has 1 aromatic carbocycles. The second-order valence-electron chi connectivity index (χ2n) is 8.32. The van der Waals surface area contributed by atoms with E-state index in [-0.39, 0.29) is 11.8 Å². The third kappa shape index (κ3) is 4.08. The molecule has 1 unspecified atom stereocenters. The molecule has 3 aromatic rings. The van der Waals surface area contributed by atoms with Crippen LogP contribution in [-0.2, 0) is 4.79 Å². The summed E-state index contributed by atoms with van der Waals surface area (Å²) in [5.41, 5.74) is 1.66. The molecule has 0 bridgehead atoms. The molecule has 1 saturated heterocycles. The molecule has 31 heavy (non-hydrogen) atoms. The minimum absolute atomic E-state index is 0.0475. The molecule has 3 heterocycles. The molecule has 1 fully saturated rings. The molecule has 0 spiro atoms. The monoisotopic (exact) mass is 428 g/mol. The Hall–Kier alpha value is -3.10. The van der Waals surface area contributed by atoms with E-state index in [1.807, 2.05) is 38.7 Å². The van der Waals surface area contributed by atoms with Crippen LogP contribution in [0, 0.1) is 31.4 Å². The Kier molecular flexibility index (Phi) is 5.60. The van der Waals surface area contributed by atoms with Crippen molar-refractivity contribution in [1.82, 2.24) is 24.4 Å². The smallest absolute Gasteiger partial charge is 0.246 e. The van der Waals surface area contributed by atoms with Crippen LogP contribution in [0.3, 0.4) is 0 Å². The van der Waals surface area contributed by atoms with E-state index in [9.17, 15) is 13.6 Å². The number of amides is 1. The number of anilines is 1. The van der Waals surface area contributed by atoms with Crippen molar-refractivity contribution in [3.05, 3.63) is 47.7 Å². The second kappa shape index (κ2) is 8.20.